The van der Waals surface area contributed by atoms with Crippen LogP contribution in [-0.2, 0) is 16.4 Å². The lowest BCUT2D eigenvalue weighted by molar-refractivity contribution is 0.0587. The third kappa shape index (κ3) is 4.22. The predicted octanol–water partition coefficient (Wildman–Crippen LogP) is 0.876. The van der Waals surface area contributed by atoms with Crippen LogP contribution in [0.3, 0.4) is 0 Å². The Kier molecular flexibility index (Phi) is 5.01. The van der Waals surface area contributed by atoms with Crippen LogP contribution in [0.25, 0.3) is 0 Å². The minimum atomic E-state index is -2.87. The lowest BCUT2D eigenvalue weighted by atomic mass is 10.2. The molecule has 1 aromatic carbocycles. The second-order valence-corrected chi connectivity index (χ2v) is 9.53. The first-order valence-corrected chi connectivity index (χ1v) is 11.1. The Hall–Kier alpha value is -2.19. The molecule has 2 fully saturated rings. The molecule has 0 N–H and O–H groups in total. The normalized spacial score (nSPS) is 22.8. The van der Waals surface area contributed by atoms with E-state index in [-0.39, 0.29) is 23.5 Å². The molecule has 0 radical (unpaired) electrons. The molecule has 2 saturated heterocycles. The first kappa shape index (κ1) is 18.2. The topological polar surface area (TPSA) is 75.5 Å². The molecule has 1 unspecified atom stereocenters. The van der Waals surface area contributed by atoms with E-state index in [0.29, 0.717) is 31.6 Å². The highest BCUT2D eigenvalue weighted by Gasteiger charge is 2.34. The number of hydrogen-bond donors (Lipinski definition) is 0. The lowest BCUT2D eigenvalue weighted by Crippen LogP contribution is -2.52. The summed E-state index contributed by atoms with van der Waals surface area (Å²) < 4.78 is 25.1. The number of hydrogen-bond acceptors (Lipinski definition) is 5. The summed E-state index contributed by atoms with van der Waals surface area (Å²) in [5, 5.41) is 4.31. The molecule has 1 aromatic heterocycles. The zero-order chi connectivity index (χ0) is 18.9. The van der Waals surface area contributed by atoms with Gasteiger partial charge in [-0.2, -0.15) is 5.10 Å². The maximum atomic E-state index is 12.8. The third-order valence-electron chi connectivity index (χ3n) is 5.39. The number of nitrogens with zero attached hydrogens (tertiary/aromatic N) is 4. The molecule has 27 heavy (non-hydrogen) atoms. The Morgan fingerprint density at radius 2 is 1.85 bits per heavy atom. The largest absolute Gasteiger partial charge is 0.336 e. The van der Waals surface area contributed by atoms with Crippen LogP contribution in [0.4, 0.5) is 0 Å². The molecule has 1 atom stereocenters. The molecule has 0 aliphatic carbocycles. The van der Waals surface area contributed by atoms with Crippen molar-refractivity contribution < 1.29 is 13.2 Å². The van der Waals surface area contributed by atoms with Gasteiger partial charge in [0.1, 0.15) is 0 Å². The second-order valence-electron chi connectivity index (χ2n) is 7.30. The maximum Gasteiger partial charge on any atom is 0.257 e. The van der Waals surface area contributed by atoms with Gasteiger partial charge in [0.15, 0.2) is 9.84 Å². The number of carbonyl (C=O) groups excluding carboxylic acids is 1. The smallest absolute Gasteiger partial charge is 0.257 e. The van der Waals surface area contributed by atoms with Crippen molar-refractivity contribution in [3.8, 4) is 0 Å². The molecular weight excluding hydrogens is 364 g/mol. The Balaban J connectivity index is 1.33. The van der Waals surface area contributed by atoms with Crippen LogP contribution in [0.15, 0.2) is 42.7 Å². The number of piperazine rings is 1. The zero-order valence-corrected chi connectivity index (χ0v) is 16.0. The molecule has 2 aromatic rings. The summed E-state index contributed by atoms with van der Waals surface area (Å²) in [6.45, 7) is 3.34. The zero-order valence-electron chi connectivity index (χ0n) is 15.2. The molecule has 0 spiro atoms. The van der Waals surface area contributed by atoms with Gasteiger partial charge in [-0.15, -0.1) is 0 Å². The van der Waals surface area contributed by atoms with E-state index < -0.39 is 9.84 Å². The van der Waals surface area contributed by atoms with Crippen LogP contribution in [-0.4, -0.2) is 77.6 Å². The summed E-state index contributed by atoms with van der Waals surface area (Å²) in [6.07, 6.45) is 4.13. The summed E-state index contributed by atoms with van der Waals surface area (Å²) in [7, 11) is -2.87. The van der Waals surface area contributed by atoms with Crippen molar-refractivity contribution in [1.29, 1.82) is 0 Å². The molecule has 2 aliphatic heterocycles. The highest BCUT2D eigenvalue weighted by atomic mass is 32.2. The standard InChI is InChI=1S/C19H24N4O3S/c24-19(17-12-20-23(14-17)13-16-4-2-1-3-5-16)22-9-7-21(8-10-22)18-6-11-27(25,26)15-18/h1-5,12,14,18H,6-11,13,15H2. The van der Waals surface area contributed by atoms with E-state index >= 15 is 0 Å². The van der Waals surface area contributed by atoms with Gasteiger partial charge in [0, 0.05) is 38.4 Å². The van der Waals surface area contributed by atoms with Gasteiger partial charge in [-0.05, 0) is 12.0 Å². The molecule has 1 amide bonds. The van der Waals surface area contributed by atoms with Crippen LogP contribution in [0.2, 0.25) is 0 Å². The van der Waals surface area contributed by atoms with Crippen molar-refractivity contribution in [3.63, 3.8) is 0 Å². The summed E-state index contributed by atoms with van der Waals surface area (Å²) in [4.78, 5) is 16.8. The average molecular weight is 388 g/mol. The van der Waals surface area contributed by atoms with Crippen molar-refractivity contribution in [2.45, 2.75) is 19.0 Å². The van der Waals surface area contributed by atoms with E-state index in [4.69, 9.17) is 0 Å². The number of sulfone groups is 1. The SMILES string of the molecule is O=C(c1cnn(Cc2ccccc2)c1)N1CCN(C2CCS(=O)(=O)C2)CC1. The van der Waals surface area contributed by atoms with Gasteiger partial charge in [0.25, 0.3) is 5.91 Å². The number of carbonyl (C=O) groups is 1. The fourth-order valence-corrected chi connectivity index (χ4v) is 5.63. The fourth-order valence-electron chi connectivity index (χ4n) is 3.87. The van der Waals surface area contributed by atoms with Gasteiger partial charge in [-0.25, -0.2) is 8.42 Å². The molecule has 144 valence electrons. The van der Waals surface area contributed by atoms with Crippen LogP contribution in [0.5, 0.6) is 0 Å². The summed E-state index contributed by atoms with van der Waals surface area (Å²) in [6, 6.07) is 10.1. The minimum absolute atomic E-state index is 0.00648. The summed E-state index contributed by atoms with van der Waals surface area (Å²) >= 11 is 0. The van der Waals surface area contributed by atoms with E-state index in [0.717, 1.165) is 18.7 Å². The van der Waals surface area contributed by atoms with Crippen molar-refractivity contribution in [2.75, 3.05) is 37.7 Å². The fraction of sp³-hybridized carbons (Fsp3) is 0.474. The molecule has 7 nitrogen and oxygen atoms in total. The summed E-state index contributed by atoms with van der Waals surface area (Å²) in [5.74, 6) is 0.540. The van der Waals surface area contributed by atoms with Gasteiger partial charge in [0.2, 0.25) is 0 Å². The first-order valence-electron chi connectivity index (χ1n) is 9.30. The molecular formula is C19H24N4O3S. The van der Waals surface area contributed by atoms with Gasteiger partial charge in [-0.3, -0.25) is 14.4 Å². The van der Waals surface area contributed by atoms with Crippen LogP contribution >= 0.6 is 0 Å². The molecule has 0 bridgehead atoms. The van der Waals surface area contributed by atoms with E-state index in [1.807, 2.05) is 35.2 Å². The van der Waals surface area contributed by atoms with Gasteiger partial charge >= 0.3 is 0 Å². The maximum absolute atomic E-state index is 12.8. The number of aromatic nitrogens is 2. The average Bonchev–Trinajstić information content (AvgIpc) is 3.28. The quantitative estimate of drug-likeness (QED) is 0.777. The van der Waals surface area contributed by atoms with E-state index in [1.165, 1.54) is 0 Å². The minimum Gasteiger partial charge on any atom is -0.336 e. The highest BCUT2D eigenvalue weighted by molar-refractivity contribution is 7.91. The molecule has 2 aliphatic rings. The molecule has 3 heterocycles. The monoisotopic (exact) mass is 388 g/mol. The van der Waals surface area contributed by atoms with Crippen LogP contribution < -0.4 is 0 Å². The van der Waals surface area contributed by atoms with Crippen molar-refractivity contribution >= 4 is 15.7 Å². The van der Waals surface area contributed by atoms with Crippen LogP contribution in [0, 0.1) is 0 Å². The predicted molar refractivity (Wildman–Crippen MR) is 102 cm³/mol. The summed E-state index contributed by atoms with van der Waals surface area (Å²) in [5.41, 5.74) is 1.74. The van der Waals surface area contributed by atoms with Gasteiger partial charge in [-0.1, -0.05) is 30.3 Å². The van der Waals surface area contributed by atoms with E-state index in [1.54, 1.807) is 17.1 Å². The van der Waals surface area contributed by atoms with Crippen molar-refractivity contribution in [2.24, 2.45) is 0 Å². The van der Waals surface area contributed by atoms with E-state index in [9.17, 15) is 13.2 Å². The van der Waals surface area contributed by atoms with Crippen molar-refractivity contribution in [1.82, 2.24) is 19.6 Å². The van der Waals surface area contributed by atoms with Gasteiger partial charge < -0.3 is 4.90 Å². The third-order valence-corrected chi connectivity index (χ3v) is 7.14. The van der Waals surface area contributed by atoms with E-state index in [2.05, 4.69) is 10.00 Å². The van der Waals surface area contributed by atoms with Crippen LogP contribution in [0.1, 0.15) is 22.3 Å². The highest BCUT2D eigenvalue weighted by Crippen LogP contribution is 2.20. The lowest BCUT2D eigenvalue weighted by Gasteiger charge is -2.37. The molecule has 8 heteroatoms. The second kappa shape index (κ2) is 7.44. The Bertz CT molecular complexity index is 902. The molecule has 4 rings (SSSR count). The Morgan fingerprint density at radius 1 is 1.11 bits per heavy atom. The van der Waals surface area contributed by atoms with Crippen molar-refractivity contribution in [3.05, 3.63) is 53.9 Å². The number of rotatable bonds is 4. The Morgan fingerprint density at radius 3 is 2.52 bits per heavy atom. The molecule has 0 saturated carbocycles. The Labute approximate surface area is 159 Å². The van der Waals surface area contributed by atoms with Gasteiger partial charge in [0.05, 0.1) is 29.8 Å². The first-order chi connectivity index (χ1) is 13.0. The number of amides is 1. The number of benzene rings is 1.